The molecule has 168 valence electrons. The van der Waals surface area contributed by atoms with Crippen LogP contribution in [0.1, 0.15) is 21.5 Å². The number of amides is 1. The minimum atomic E-state index is -0.498. The number of para-hydroxylation sites is 2. The minimum Gasteiger partial charge on any atom is -0.488 e. The van der Waals surface area contributed by atoms with Gasteiger partial charge in [-0.15, -0.1) is 0 Å². The van der Waals surface area contributed by atoms with Crippen molar-refractivity contribution in [3.05, 3.63) is 130 Å². The second-order valence-electron chi connectivity index (χ2n) is 7.36. The van der Waals surface area contributed by atoms with Crippen LogP contribution in [0.25, 0.3) is 11.1 Å². The molecule has 34 heavy (non-hydrogen) atoms. The summed E-state index contributed by atoms with van der Waals surface area (Å²) in [5, 5.41) is 14.9. The fourth-order valence-corrected chi connectivity index (χ4v) is 3.35. The van der Waals surface area contributed by atoms with Crippen molar-refractivity contribution >= 4 is 17.8 Å². The quantitative estimate of drug-likeness (QED) is 0.214. The number of carbonyl (C=O) groups excluding carboxylic acids is 1. The Morgan fingerprint density at radius 3 is 2.32 bits per heavy atom. The Hall–Kier alpha value is -4.78. The Labute approximate surface area is 196 Å². The van der Waals surface area contributed by atoms with Gasteiger partial charge in [0.25, 0.3) is 11.6 Å². The topological polar surface area (TPSA) is 93.8 Å². The molecule has 0 atom stereocenters. The molecule has 0 saturated heterocycles. The fourth-order valence-electron chi connectivity index (χ4n) is 3.35. The van der Waals surface area contributed by atoms with Crippen LogP contribution in [-0.4, -0.2) is 17.0 Å². The lowest BCUT2D eigenvalue weighted by molar-refractivity contribution is -0.385. The standard InChI is InChI=1S/C27H21N3O4/c31-27(29-28-18-23-10-4-6-12-25(23)30(32)33)22-16-14-20(15-17-22)19-34-26-13-7-5-11-24(26)21-8-2-1-3-9-21/h1-18H,19H2,(H,29,31)/b28-18-. The van der Waals surface area contributed by atoms with Gasteiger partial charge in [0, 0.05) is 17.2 Å². The summed E-state index contributed by atoms with van der Waals surface area (Å²) in [7, 11) is 0. The van der Waals surface area contributed by atoms with Crippen molar-refractivity contribution in [2.24, 2.45) is 5.10 Å². The van der Waals surface area contributed by atoms with Crippen LogP contribution < -0.4 is 10.2 Å². The lowest BCUT2D eigenvalue weighted by atomic mass is 10.0. The first-order valence-electron chi connectivity index (χ1n) is 10.5. The molecule has 4 aromatic rings. The van der Waals surface area contributed by atoms with Crippen molar-refractivity contribution < 1.29 is 14.5 Å². The van der Waals surface area contributed by atoms with E-state index in [2.05, 4.69) is 10.5 Å². The Morgan fingerprint density at radius 1 is 0.882 bits per heavy atom. The summed E-state index contributed by atoms with van der Waals surface area (Å²) in [6.45, 7) is 0.349. The third kappa shape index (κ3) is 5.52. The number of nitro benzene ring substituents is 1. The zero-order valence-electron chi connectivity index (χ0n) is 18.1. The summed E-state index contributed by atoms with van der Waals surface area (Å²) >= 11 is 0. The molecule has 0 aliphatic rings. The highest BCUT2D eigenvalue weighted by atomic mass is 16.6. The summed E-state index contributed by atoms with van der Waals surface area (Å²) in [5.41, 5.74) is 6.01. The van der Waals surface area contributed by atoms with Crippen molar-refractivity contribution in [3.8, 4) is 16.9 Å². The fraction of sp³-hybridized carbons (Fsp3) is 0.0370. The molecule has 7 nitrogen and oxygen atoms in total. The van der Waals surface area contributed by atoms with Gasteiger partial charge in [-0.1, -0.05) is 72.8 Å². The number of hydrogen-bond donors (Lipinski definition) is 1. The predicted octanol–water partition coefficient (Wildman–Crippen LogP) is 5.60. The van der Waals surface area contributed by atoms with E-state index in [0.29, 0.717) is 17.7 Å². The van der Waals surface area contributed by atoms with Gasteiger partial charge in [0.1, 0.15) is 12.4 Å². The number of rotatable bonds is 8. The van der Waals surface area contributed by atoms with Crippen LogP contribution in [0.3, 0.4) is 0 Å². The molecule has 0 saturated carbocycles. The van der Waals surface area contributed by atoms with Crippen molar-refractivity contribution in [1.82, 2.24) is 5.43 Å². The Balaban J connectivity index is 1.37. The van der Waals surface area contributed by atoms with Crippen LogP contribution in [-0.2, 0) is 6.61 Å². The average Bonchev–Trinajstić information content (AvgIpc) is 2.88. The van der Waals surface area contributed by atoms with Gasteiger partial charge in [0.2, 0.25) is 0 Å². The molecule has 1 N–H and O–H groups in total. The molecule has 0 aliphatic carbocycles. The summed E-state index contributed by atoms with van der Waals surface area (Å²) in [5.74, 6) is 0.358. The van der Waals surface area contributed by atoms with Gasteiger partial charge in [-0.3, -0.25) is 14.9 Å². The van der Waals surface area contributed by atoms with E-state index in [1.165, 1.54) is 12.3 Å². The maximum absolute atomic E-state index is 12.4. The second kappa shape index (κ2) is 10.7. The molecule has 4 rings (SSSR count). The van der Waals surface area contributed by atoms with Gasteiger partial charge in [-0.05, 0) is 35.4 Å². The molecule has 0 unspecified atom stereocenters. The number of carbonyl (C=O) groups is 1. The first-order valence-corrected chi connectivity index (χ1v) is 10.5. The number of hydrazone groups is 1. The van der Waals surface area contributed by atoms with E-state index in [1.54, 1.807) is 30.3 Å². The highest BCUT2D eigenvalue weighted by molar-refractivity contribution is 5.95. The highest BCUT2D eigenvalue weighted by Crippen LogP contribution is 2.30. The predicted molar refractivity (Wildman–Crippen MR) is 131 cm³/mol. The molecule has 0 spiro atoms. The highest BCUT2D eigenvalue weighted by Gasteiger charge is 2.11. The van der Waals surface area contributed by atoms with E-state index in [1.807, 2.05) is 66.7 Å². The molecule has 0 radical (unpaired) electrons. The van der Waals surface area contributed by atoms with Crippen LogP contribution in [0.15, 0.2) is 108 Å². The number of nitro groups is 1. The summed E-state index contributed by atoms with van der Waals surface area (Å²) in [6.07, 6.45) is 1.25. The van der Waals surface area contributed by atoms with Gasteiger partial charge in [-0.2, -0.15) is 5.10 Å². The van der Waals surface area contributed by atoms with Crippen molar-refractivity contribution in [3.63, 3.8) is 0 Å². The number of benzene rings is 4. The average molecular weight is 451 g/mol. The van der Waals surface area contributed by atoms with E-state index < -0.39 is 10.8 Å². The van der Waals surface area contributed by atoms with Gasteiger partial charge in [0.15, 0.2) is 0 Å². The smallest absolute Gasteiger partial charge is 0.278 e. The Bertz CT molecular complexity index is 1320. The third-order valence-electron chi connectivity index (χ3n) is 5.09. The number of hydrogen-bond acceptors (Lipinski definition) is 5. The summed E-state index contributed by atoms with van der Waals surface area (Å²) < 4.78 is 6.04. The van der Waals surface area contributed by atoms with Crippen LogP contribution in [0, 0.1) is 10.1 Å². The van der Waals surface area contributed by atoms with E-state index >= 15 is 0 Å². The molecular formula is C27H21N3O4. The molecule has 0 aliphatic heterocycles. The van der Waals surface area contributed by atoms with Crippen LogP contribution in [0.4, 0.5) is 5.69 Å². The maximum Gasteiger partial charge on any atom is 0.278 e. The molecule has 0 fully saturated rings. The van der Waals surface area contributed by atoms with Gasteiger partial charge < -0.3 is 4.74 Å². The van der Waals surface area contributed by atoms with E-state index in [-0.39, 0.29) is 5.69 Å². The normalized spacial score (nSPS) is 10.7. The van der Waals surface area contributed by atoms with Gasteiger partial charge in [0.05, 0.1) is 16.7 Å². The number of nitrogens with one attached hydrogen (secondary N) is 1. The van der Waals surface area contributed by atoms with Crippen molar-refractivity contribution in [2.45, 2.75) is 6.61 Å². The second-order valence-corrected chi connectivity index (χ2v) is 7.36. The lowest BCUT2D eigenvalue weighted by Gasteiger charge is -2.12. The zero-order chi connectivity index (χ0) is 23.8. The number of ether oxygens (including phenoxy) is 1. The minimum absolute atomic E-state index is 0.0845. The molecule has 0 bridgehead atoms. The Morgan fingerprint density at radius 2 is 1.56 bits per heavy atom. The largest absolute Gasteiger partial charge is 0.488 e. The zero-order valence-corrected chi connectivity index (χ0v) is 18.1. The molecule has 1 amide bonds. The van der Waals surface area contributed by atoms with E-state index in [4.69, 9.17) is 4.74 Å². The summed E-state index contributed by atoms with van der Waals surface area (Å²) in [4.78, 5) is 22.9. The number of nitrogens with zero attached hydrogens (tertiary/aromatic N) is 2. The first-order chi connectivity index (χ1) is 16.6. The van der Waals surface area contributed by atoms with Crippen LogP contribution in [0.2, 0.25) is 0 Å². The SMILES string of the molecule is O=C(N/N=C\c1ccccc1[N+](=O)[O-])c1ccc(COc2ccccc2-c2ccccc2)cc1. The van der Waals surface area contributed by atoms with Gasteiger partial charge >= 0.3 is 0 Å². The van der Waals surface area contributed by atoms with Crippen molar-refractivity contribution in [1.29, 1.82) is 0 Å². The summed E-state index contributed by atoms with van der Waals surface area (Å²) in [6, 6.07) is 31.0. The lowest BCUT2D eigenvalue weighted by Crippen LogP contribution is -2.17. The first kappa shape index (κ1) is 22.4. The maximum atomic E-state index is 12.4. The van der Waals surface area contributed by atoms with Crippen LogP contribution in [0.5, 0.6) is 5.75 Å². The van der Waals surface area contributed by atoms with Crippen molar-refractivity contribution in [2.75, 3.05) is 0 Å². The molecule has 7 heteroatoms. The van der Waals surface area contributed by atoms with E-state index in [9.17, 15) is 14.9 Å². The van der Waals surface area contributed by atoms with Crippen LogP contribution >= 0.6 is 0 Å². The molecular weight excluding hydrogens is 430 g/mol. The molecule has 4 aromatic carbocycles. The third-order valence-corrected chi connectivity index (χ3v) is 5.09. The Kier molecular flexibility index (Phi) is 7.05. The monoisotopic (exact) mass is 451 g/mol. The van der Waals surface area contributed by atoms with Gasteiger partial charge in [-0.25, -0.2) is 5.43 Å². The molecule has 0 aromatic heterocycles. The van der Waals surface area contributed by atoms with E-state index in [0.717, 1.165) is 22.4 Å². The molecule has 0 heterocycles.